The van der Waals surface area contributed by atoms with E-state index in [1.807, 2.05) is 30.3 Å². The van der Waals surface area contributed by atoms with E-state index in [-0.39, 0.29) is 28.6 Å². The molecule has 0 fully saturated rings. The van der Waals surface area contributed by atoms with Crippen molar-refractivity contribution in [1.29, 1.82) is 0 Å². The Bertz CT molecular complexity index is 824. The van der Waals surface area contributed by atoms with Crippen LogP contribution >= 0.6 is 11.6 Å². The van der Waals surface area contributed by atoms with Gasteiger partial charge >= 0.3 is 5.97 Å². The monoisotopic (exact) mass is 383 g/mol. The highest BCUT2D eigenvalue weighted by molar-refractivity contribution is 7.89. The summed E-state index contributed by atoms with van der Waals surface area (Å²) in [5, 5.41) is 0.122. The lowest BCUT2D eigenvalue weighted by Gasteiger charge is -2.09. The highest BCUT2D eigenvalue weighted by Gasteiger charge is 2.18. The Labute approximate surface area is 151 Å². The zero-order chi connectivity index (χ0) is 18.3. The second-order valence-corrected chi connectivity index (χ2v) is 7.24. The molecule has 0 saturated carbocycles. The van der Waals surface area contributed by atoms with E-state index >= 15 is 0 Å². The minimum atomic E-state index is -3.78. The Kier molecular flexibility index (Phi) is 6.95. The third kappa shape index (κ3) is 5.54. The molecular formula is C17H18ClNO5S. The number of hydrogen-bond donors (Lipinski definition) is 1. The molecule has 134 valence electrons. The van der Waals surface area contributed by atoms with Gasteiger partial charge in [-0.15, -0.1) is 0 Å². The Balaban J connectivity index is 1.92. The van der Waals surface area contributed by atoms with E-state index in [0.717, 1.165) is 5.56 Å². The van der Waals surface area contributed by atoms with Crippen LogP contribution in [0.5, 0.6) is 0 Å². The van der Waals surface area contributed by atoms with Gasteiger partial charge in [0, 0.05) is 6.54 Å². The van der Waals surface area contributed by atoms with E-state index < -0.39 is 16.0 Å². The number of sulfonamides is 1. The lowest BCUT2D eigenvalue weighted by molar-refractivity contribution is 0.0600. The van der Waals surface area contributed by atoms with Gasteiger partial charge in [-0.25, -0.2) is 17.9 Å². The maximum Gasteiger partial charge on any atom is 0.339 e. The van der Waals surface area contributed by atoms with Crippen molar-refractivity contribution in [2.75, 3.05) is 20.3 Å². The molecule has 2 aromatic carbocycles. The van der Waals surface area contributed by atoms with Crippen LogP contribution in [-0.4, -0.2) is 34.6 Å². The summed E-state index contributed by atoms with van der Waals surface area (Å²) in [7, 11) is -2.59. The summed E-state index contributed by atoms with van der Waals surface area (Å²) < 4.78 is 37.0. The molecule has 1 N–H and O–H groups in total. The van der Waals surface area contributed by atoms with Crippen molar-refractivity contribution in [2.45, 2.75) is 11.5 Å². The molecule has 0 bridgehead atoms. The van der Waals surface area contributed by atoms with E-state index in [0.29, 0.717) is 6.61 Å². The minimum absolute atomic E-state index is 0.00707. The number of hydrogen-bond acceptors (Lipinski definition) is 5. The Morgan fingerprint density at radius 1 is 1.16 bits per heavy atom. The van der Waals surface area contributed by atoms with Crippen LogP contribution in [0.4, 0.5) is 0 Å². The first-order valence-corrected chi connectivity index (χ1v) is 9.29. The Morgan fingerprint density at radius 2 is 1.88 bits per heavy atom. The van der Waals surface area contributed by atoms with Gasteiger partial charge in [0.05, 0.1) is 35.8 Å². The molecule has 0 aromatic heterocycles. The molecule has 8 heteroatoms. The molecule has 0 atom stereocenters. The first kappa shape index (κ1) is 19.4. The van der Waals surface area contributed by atoms with Crippen LogP contribution in [0.2, 0.25) is 5.02 Å². The van der Waals surface area contributed by atoms with Gasteiger partial charge in [0.1, 0.15) is 0 Å². The predicted octanol–water partition coefficient (Wildman–Crippen LogP) is 2.62. The van der Waals surface area contributed by atoms with E-state index in [2.05, 4.69) is 9.46 Å². The van der Waals surface area contributed by atoms with E-state index in [1.165, 1.54) is 25.3 Å². The van der Waals surface area contributed by atoms with Crippen LogP contribution < -0.4 is 4.72 Å². The van der Waals surface area contributed by atoms with Crippen LogP contribution in [0.15, 0.2) is 53.4 Å². The first-order chi connectivity index (χ1) is 11.9. The molecule has 0 amide bonds. The zero-order valence-corrected chi connectivity index (χ0v) is 15.1. The molecular weight excluding hydrogens is 366 g/mol. The van der Waals surface area contributed by atoms with E-state index in [9.17, 15) is 13.2 Å². The molecule has 0 unspecified atom stereocenters. The maximum atomic E-state index is 12.3. The number of halogens is 1. The van der Waals surface area contributed by atoms with Crippen molar-refractivity contribution >= 4 is 27.6 Å². The van der Waals surface area contributed by atoms with Crippen molar-refractivity contribution in [3.63, 3.8) is 0 Å². The summed E-state index contributed by atoms with van der Waals surface area (Å²) in [4.78, 5) is 11.5. The summed E-state index contributed by atoms with van der Waals surface area (Å²) in [5.41, 5.74) is 0.998. The number of nitrogens with one attached hydrogen (secondary N) is 1. The lowest BCUT2D eigenvalue weighted by atomic mass is 10.2. The number of carbonyl (C=O) groups excluding carboxylic acids is 1. The fraction of sp³-hybridized carbons (Fsp3) is 0.235. The van der Waals surface area contributed by atoms with E-state index in [4.69, 9.17) is 16.3 Å². The predicted molar refractivity (Wildman–Crippen MR) is 94.1 cm³/mol. The molecule has 0 aliphatic rings. The summed E-state index contributed by atoms with van der Waals surface area (Å²) >= 11 is 5.89. The third-order valence-corrected chi connectivity index (χ3v) is 5.09. The number of carbonyl (C=O) groups is 1. The average Bonchev–Trinajstić information content (AvgIpc) is 2.61. The van der Waals surface area contributed by atoms with Crippen molar-refractivity contribution < 1.29 is 22.7 Å². The number of rotatable bonds is 8. The highest BCUT2D eigenvalue weighted by atomic mass is 35.5. The number of esters is 1. The molecule has 0 saturated heterocycles. The highest BCUT2D eigenvalue weighted by Crippen LogP contribution is 2.21. The standard InChI is InChI=1S/C17H18ClNO5S/c1-23-17(20)15-11-14(7-8-16(15)18)25(21,22)19-9-10-24-12-13-5-3-2-4-6-13/h2-8,11,19H,9-10,12H2,1H3. The molecule has 6 nitrogen and oxygen atoms in total. The number of methoxy groups -OCH3 is 1. The van der Waals surface area contributed by atoms with Gasteiger partial charge in [0.15, 0.2) is 0 Å². The second-order valence-electron chi connectivity index (χ2n) is 5.07. The molecule has 0 heterocycles. The smallest absolute Gasteiger partial charge is 0.339 e. The summed E-state index contributed by atoms with van der Waals surface area (Å²) in [5.74, 6) is -0.701. The van der Waals surface area contributed by atoms with Crippen LogP contribution in [0.1, 0.15) is 15.9 Å². The van der Waals surface area contributed by atoms with Gasteiger partial charge in [0.2, 0.25) is 10.0 Å². The topological polar surface area (TPSA) is 81.7 Å². The van der Waals surface area contributed by atoms with Crippen LogP contribution in [-0.2, 0) is 26.1 Å². The van der Waals surface area contributed by atoms with Crippen molar-refractivity contribution in [1.82, 2.24) is 4.72 Å². The SMILES string of the molecule is COC(=O)c1cc(S(=O)(=O)NCCOCc2ccccc2)ccc1Cl. The van der Waals surface area contributed by atoms with Gasteiger partial charge < -0.3 is 9.47 Å². The van der Waals surface area contributed by atoms with Crippen molar-refractivity contribution in [3.8, 4) is 0 Å². The maximum absolute atomic E-state index is 12.3. The fourth-order valence-corrected chi connectivity index (χ4v) is 3.27. The quantitative estimate of drug-likeness (QED) is 0.559. The molecule has 0 aliphatic carbocycles. The van der Waals surface area contributed by atoms with Gasteiger partial charge in [-0.05, 0) is 23.8 Å². The molecule has 2 rings (SSSR count). The Hall–Kier alpha value is -1.93. The van der Waals surface area contributed by atoms with Crippen LogP contribution in [0, 0.1) is 0 Å². The van der Waals surface area contributed by atoms with Crippen LogP contribution in [0.25, 0.3) is 0 Å². The minimum Gasteiger partial charge on any atom is -0.465 e. The normalized spacial score (nSPS) is 11.3. The summed E-state index contributed by atoms with van der Waals surface area (Å²) in [6.45, 7) is 0.715. The fourth-order valence-electron chi connectivity index (χ4n) is 2.03. The molecule has 25 heavy (non-hydrogen) atoms. The Morgan fingerprint density at radius 3 is 2.56 bits per heavy atom. The van der Waals surface area contributed by atoms with E-state index in [1.54, 1.807) is 0 Å². The molecule has 0 aliphatic heterocycles. The lowest BCUT2D eigenvalue weighted by Crippen LogP contribution is -2.27. The van der Waals surface area contributed by atoms with Gasteiger partial charge in [-0.3, -0.25) is 0 Å². The molecule has 0 spiro atoms. The van der Waals surface area contributed by atoms with Gasteiger partial charge in [-0.1, -0.05) is 41.9 Å². The number of benzene rings is 2. The third-order valence-electron chi connectivity index (χ3n) is 3.30. The second kappa shape index (κ2) is 8.96. The number of ether oxygens (including phenoxy) is 2. The first-order valence-electron chi connectivity index (χ1n) is 7.43. The van der Waals surface area contributed by atoms with Gasteiger partial charge in [-0.2, -0.15) is 0 Å². The summed E-state index contributed by atoms with van der Waals surface area (Å²) in [6.07, 6.45) is 0. The average molecular weight is 384 g/mol. The summed E-state index contributed by atoms with van der Waals surface area (Å²) in [6, 6.07) is 13.4. The van der Waals surface area contributed by atoms with Crippen LogP contribution in [0.3, 0.4) is 0 Å². The van der Waals surface area contributed by atoms with Crippen molar-refractivity contribution in [3.05, 3.63) is 64.7 Å². The molecule has 2 aromatic rings. The zero-order valence-electron chi connectivity index (χ0n) is 13.6. The molecule has 0 radical (unpaired) electrons. The van der Waals surface area contributed by atoms with Gasteiger partial charge in [0.25, 0.3) is 0 Å². The largest absolute Gasteiger partial charge is 0.465 e. The van der Waals surface area contributed by atoms with Crippen molar-refractivity contribution in [2.24, 2.45) is 0 Å².